The molecule has 0 aliphatic heterocycles. The van der Waals surface area contributed by atoms with Gasteiger partial charge in [0, 0.05) is 1.43 Å². The van der Waals surface area contributed by atoms with Crippen molar-refractivity contribution in [2.24, 2.45) is 5.92 Å². The lowest BCUT2D eigenvalue weighted by Gasteiger charge is -2.20. The van der Waals surface area contributed by atoms with Crippen LogP contribution >= 0.6 is 0 Å². The van der Waals surface area contributed by atoms with Gasteiger partial charge in [-0.05, 0) is 5.92 Å². The maximum Gasteiger partial charge on any atom is 0 e. The van der Waals surface area contributed by atoms with Crippen LogP contribution in [0, 0.1) is 5.92 Å². The van der Waals surface area contributed by atoms with Crippen molar-refractivity contribution in [2.75, 3.05) is 0 Å². The van der Waals surface area contributed by atoms with Crippen molar-refractivity contribution in [3.05, 3.63) is 0 Å². The average molecular weight is 128 g/mol. The van der Waals surface area contributed by atoms with Crippen molar-refractivity contribution >= 4 is 0 Å². The number of rotatable bonds is 2. The normalized spacial score (nSPS) is 22.3. The number of hydrogen-bond donors (Lipinski definition) is 0. The molecule has 1 saturated carbocycles. The van der Waals surface area contributed by atoms with E-state index in [1.807, 2.05) is 0 Å². The van der Waals surface area contributed by atoms with Gasteiger partial charge in [-0.15, -0.1) is 0 Å². The molecule has 9 heavy (non-hydrogen) atoms. The third-order valence-electron chi connectivity index (χ3n) is 2.42. The summed E-state index contributed by atoms with van der Waals surface area (Å²) in [5.74, 6) is 1.10. The van der Waals surface area contributed by atoms with Crippen LogP contribution in [0.15, 0.2) is 0 Å². The van der Waals surface area contributed by atoms with Gasteiger partial charge in [0.25, 0.3) is 0 Å². The highest BCUT2D eigenvalue weighted by atomic mass is 14.2. The van der Waals surface area contributed by atoms with Crippen LogP contribution in [-0.4, -0.2) is 0 Å². The molecule has 56 valence electrons. The van der Waals surface area contributed by atoms with Crippen molar-refractivity contribution in [2.45, 2.75) is 51.9 Å². The molecule has 0 unspecified atom stereocenters. The van der Waals surface area contributed by atoms with Crippen molar-refractivity contribution in [1.82, 2.24) is 0 Å². The molecule has 0 aromatic heterocycles. The van der Waals surface area contributed by atoms with Crippen LogP contribution < -0.4 is 0 Å². The summed E-state index contributed by atoms with van der Waals surface area (Å²) in [5.41, 5.74) is 0. The molecular formula is C9H20. The Bertz CT molecular complexity index is 62.4. The molecule has 0 heterocycles. The zero-order valence-corrected chi connectivity index (χ0v) is 6.53. The molecule has 0 radical (unpaired) electrons. The summed E-state index contributed by atoms with van der Waals surface area (Å²) in [5, 5.41) is 0. The quantitative estimate of drug-likeness (QED) is 0.533. The highest BCUT2D eigenvalue weighted by Gasteiger charge is 2.10. The molecular weight excluding hydrogens is 108 g/mol. The predicted molar refractivity (Wildman–Crippen MR) is 43.6 cm³/mol. The minimum Gasteiger partial charge on any atom is -0.0654 e. The van der Waals surface area contributed by atoms with E-state index < -0.39 is 0 Å². The minimum absolute atomic E-state index is 0. The molecule has 0 saturated heterocycles. The second-order valence-corrected chi connectivity index (χ2v) is 3.29. The van der Waals surface area contributed by atoms with Crippen LogP contribution in [0.5, 0.6) is 0 Å². The van der Waals surface area contributed by atoms with Gasteiger partial charge >= 0.3 is 0 Å². The molecule has 0 aromatic carbocycles. The van der Waals surface area contributed by atoms with Crippen LogP contribution in [0.2, 0.25) is 0 Å². The van der Waals surface area contributed by atoms with E-state index >= 15 is 0 Å². The standard InChI is InChI=1S/C9H18.H2/c1-2-6-9-7-4-3-5-8-9;/h9H,2-8H2,1H3;1H. The van der Waals surface area contributed by atoms with E-state index in [-0.39, 0.29) is 1.43 Å². The Morgan fingerprint density at radius 2 is 1.89 bits per heavy atom. The Kier molecular flexibility index (Phi) is 3.10. The summed E-state index contributed by atoms with van der Waals surface area (Å²) in [7, 11) is 0. The van der Waals surface area contributed by atoms with E-state index in [2.05, 4.69) is 6.92 Å². The van der Waals surface area contributed by atoms with Crippen molar-refractivity contribution in [3.63, 3.8) is 0 Å². The topological polar surface area (TPSA) is 0 Å². The summed E-state index contributed by atoms with van der Waals surface area (Å²) in [6, 6.07) is 0. The second kappa shape index (κ2) is 3.92. The van der Waals surface area contributed by atoms with Gasteiger partial charge in [0.15, 0.2) is 0 Å². The van der Waals surface area contributed by atoms with Gasteiger partial charge in [-0.1, -0.05) is 51.9 Å². The molecule has 0 N–H and O–H groups in total. The first-order valence-corrected chi connectivity index (χ1v) is 4.43. The summed E-state index contributed by atoms with van der Waals surface area (Å²) < 4.78 is 0. The van der Waals surface area contributed by atoms with Gasteiger partial charge in [-0.3, -0.25) is 0 Å². The van der Waals surface area contributed by atoms with Crippen molar-refractivity contribution < 1.29 is 1.43 Å². The van der Waals surface area contributed by atoms with E-state index in [9.17, 15) is 0 Å². The zero-order valence-electron chi connectivity index (χ0n) is 6.53. The highest BCUT2D eigenvalue weighted by molar-refractivity contribution is 4.64. The van der Waals surface area contributed by atoms with Gasteiger partial charge in [0.2, 0.25) is 0 Å². The fraction of sp³-hybridized carbons (Fsp3) is 1.00. The summed E-state index contributed by atoms with van der Waals surface area (Å²) >= 11 is 0. The summed E-state index contributed by atoms with van der Waals surface area (Å²) in [6.07, 6.45) is 10.4. The Hall–Kier alpha value is 0. The first-order valence-electron chi connectivity index (χ1n) is 4.43. The Labute approximate surface area is 60.1 Å². The van der Waals surface area contributed by atoms with Gasteiger partial charge in [0.05, 0.1) is 0 Å². The zero-order chi connectivity index (χ0) is 6.53. The van der Waals surface area contributed by atoms with Gasteiger partial charge in [0.1, 0.15) is 0 Å². The third-order valence-corrected chi connectivity index (χ3v) is 2.42. The monoisotopic (exact) mass is 128 g/mol. The molecule has 1 fully saturated rings. The van der Waals surface area contributed by atoms with E-state index in [1.165, 1.54) is 44.9 Å². The minimum atomic E-state index is 0. The van der Waals surface area contributed by atoms with Crippen molar-refractivity contribution in [1.29, 1.82) is 0 Å². The first kappa shape index (κ1) is 7.11. The lowest BCUT2D eigenvalue weighted by Crippen LogP contribution is -2.04. The van der Waals surface area contributed by atoms with Gasteiger partial charge in [-0.25, -0.2) is 0 Å². The Balaban J connectivity index is 0.000000810. The lowest BCUT2D eigenvalue weighted by atomic mass is 9.86. The smallest absolute Gasteiger partial charge is 0 e. The first-order chi connectivity index (χ1) is 4.43. The Morgan fingerprint density at radius 1 is 1.22 bits per heavy atom. The number of hydrogen-bond acceptors (Lipinski definition) is 0. The molecule has 0 nitrogen and oxygen atoms in total. The SMILES string of the molecule is CCCC1CCCCC1.[HH]. The van der Waals surface area contributed by atoms with Crippen LogP contribution in [0.3, 0.4) is 0 Å². The predicted octanol–water partition coefficient (Wildman–Crippen LogP) is 3.61. The van der Waals surface area contributed by atoms with Crippen LogP contribution in [0.4, 0.5) is 0 Å². The molecule has 0 bridgehead atoms. The van der Waals surface area contributed by atoms with Gasteiger partial charge < -0.3 is 0 Å². The second-order valence-electron chi connectivity index (χ2n) is 3.29. The lowest BCUT2D eigenvalue weighted by molar-refractivity contribution is 0.336. The van der Waals surface area contributed by atoms with Gasteiger partial charge in [-0.2, -0.15) is 0 Å². The molecule has 1 aliphatic carbocycles. The fourth-order valence-corrected chi connectivity index (χ4v) is 1.88. The third kappa shape index (κ3) is 2.38. The molecule has 0 heteroatoms. The molecule has 0 amide bonds. The molecule has 0 spiro atoms. The van der Waals surface area contributed by atoms with E-state index in [4.69, 9.17) is 0 Å². The fourth-order valence-electron chi connectivity index (χ4n) is 1.88. The van der Waals surface area contributed by atoms with E-state index in [0.717, 1.165) is 5.92 Å². The summed E-state index contributed by atoms with van der Waals surface area (Å²) in [4.78, 5) is 0. The maximum absolute atomic E-state index is 2.30. The highest BCUT2D eigenvalue weighted by Crippen LogP contribution is 2.26. The van der Waals surface area contributed by atoms with Crippen LogP contribution in [0.1, 0.15) is 53.3 Å². The maximum atomic E-state index is 2.30. The Morgan fingerprint density at radius 3 is 2.44 bits per heavy atom. The average Bonchev–Trinajstić information content (AvgIpc) is 1.91. The molecule has 1 aliphatic rings. The van der Waals surface area contributed by atoms with E-state index in [0.29, 0.717) is 0 Å². The summed E-state index contributed by atoms with van der Waals surface area (Å²) in [6.45, 7) is 2.30. The molecule has 1 rings (SSSR count). The van der Waals surface area contributed by atoms with Crippen LogP contribution in [-0.2, 0) is 0 Å². The molecule has 0 atom stereocenters. The largest absolute Gasteiger partial charge is 0.0654 e. The van der Waals surface area contributed by atoms with Crippen molar-refractivity contribution in [3.8, 4) is 0 Å². The van der Waals surface area contributed by atoms with Crippen LogP contribution in [0.25, 0.3) is 0 Å². The van der Waals surface area contributed by atoms with E-state index in [1.54, 1.807) is 0 Å². The molecule has 0 aromatic rings.